The van der Waals surface area contributed by atoms with Crippen LogP contribution in [-0.2, 0) is 20.8 Å². The molecule has 172 valence electrons. The van der Waals surface area contributed by atoms with E-state index < -0.39 is 35.3 Å². The standard InChI is InChI=1S/C27H22FNO5/c1-3-17-7-13-21(14-8-17)29-24(19-5-4-6-22(15-19)34-16(2)30)23(26(32)27(29)33)25(31)18-9-11-20(28)12-10-18/h4-15,24,31H,3H2,1-2H3/b25-23-. The summed E-state index contributed by atoms with van der Waals surface area (Å²) in [4.78, 5) is 39.1. The lowest BCUT2D eigenvalue weighted by Crippen LogP contribution is -2.29. The van der Waals surface area contributed by atoms with Crippen LogP contribution in [0, 0.1) is 5.82 Å². The number of ether oxygens (including phenoxy) is 1. The van der Waals surface area contributed by atoms with Crippen LogP contribution in [-0.4, -0.2) is 22.8 Å². The molecule has 1 N–H and O–H groups in total. The smallest absolute Gasteiger partial charge is 0.308 e. The van der Waals surface area contributed by atoms with Gasteiger partial charge in [0.1, 0.15) is 17.3 Å². The van der Waals surface area contributed by atoms with Gasteiger partial charge in [0.2, 0.25) is 0 Å². The second-order valence-corrected chi connectivity index (χ2v) is 7.86. The van der Waals surface area contributed by atoms with Gasteiger partial charge in [0.05, 0.1) is 11.6 Å². The molecule has 0 radical (unpaired) electrons. The van der Waals surface area contributed by atoms with Gasteiger partial charge in [-0.3, -0.25) is 19.3 Å². The number of esters is 1. The number of anilines is 1. The number of rotatable bonds is 5. The normalized spacial score (nSPS) is 17.1. The van der Waals surface area contributed by atoms with Crippen molar-refractivity contribution in [1.29, 1.82) is 0 Å². The number of Topliss-reactive ketones (excluding diaryl/α,β-unsaturated/α-hetero) is 1. The van der Waals surface area contributed by atoms with E-state index in [1.807, 2.05) is 19.1 Å². The lowest BCUT2D eigenvalue weighted by Gasteiger charge is -2.26. The van der Waals surface area contributed by atoms with Crippen molar-refractivity contribution in [3.63, 3.8) is 0 Å². The number of nitrogens with zero attached hydrogens (tertiary/aromatic N) is 1. The zero-order valence-electron chi connectivity index (χ0n) is 18.6. The molecule has 1 atom stereocenters. The van der Waals surface area contributed by atoms with Crippen LogP contribution in [0.5, 0.6) is 5.75 Å². The zero-order chi connectivity index (χ0) is 24.4. The maximum atomic E-state index is 13.4. The van der Waals surface area contributed by atoms with Gasteiger partial charge in [-0.05, 0) is 66.1 Å². The molecule has 1 aliphatic rings. The van der Waals surface area contributed by atoms with E-state index in [-0.39, 0.29) is 16.9 Å². The van der Waals surface area contributed by atoms with Crippen molar-refractivity contribution < 1.29 is 28.6 Å². The molecule has 1 heterocycles. The molecule has 1 saturated heterocycles. The van der Waals surface area contributed by atoms with Crippen LogP contribution in [0.4, 0.5) is 10.1 Å². The van der Waals surface area contributed by atoms with Gasteiger partial charge in [-0.25, -0.2) is 4.39 Å². The number of amides is 1. The average Bonchev–Trinajstić information content (AvgIpc) is 3.09. The maximum absolute atomic E-state index is 13.4. The number of carbonyl (C=O) groups excluding carboxylic acids is 3. The summed E-state index contributed by atoms with van der Waals surface area (Å²) >= 11 is 0. The van der Waals surface area contributed by atoms with Gasteiger partial charge in [-0.15, -0.1) is 0 Å². The Hall–Kier alpha value is -4.26. The predicted molar refractivity (Wildman–Crippen MR) is 125 cm³/mol. The topological polar surface area (TPSA) is 83.9 Å². The van der Waals surface area contributed by atoms with Crippen molar-refractivity contribution in [3.8, 4) is 5.75 Å². The Morgan fingerprint density at radius 1 is 1.03 bits per heavy atom. The molecule has 0 spiro atoms. The number of ketones is 1. The van der Waals surface area contributed by atoms with Gasteiger partial charge in [0, 0.05) is 18.2 Å². The van der Waals surface area contributed by atoms with Crippen molar-refractivity contribution in [3.05, 3.63) is 101 Å². The first-order valence-corrected chi connectivity index (χ1v) is 10.7. The maximum Gasteiger partial charge on any atom is 0.308 e. The van der Waals surface area contributed by atoms with Crippen LogP contribution in [0.1, 0.15) is 36.6 Å². The van der Waals surface area contributed by atoms with Crippen molar-refractivity contribution >= 4 is 29.1 Å². The largest absolute Gasteiger partial charge is 0.507 e. The summed E-state index contributed by atoms with van der Waals surface area (Å²) < 4.78 is 18.6. The first kappa shape index (κ1) is 22.9. The van der Waals surface area contributed by atoms with Crippen LogP contribution in [0.25, 0.3) is 5.76 Å². The Morgan fingerprint density at radius 3 is 2.32 bits per heavy atom. The lowest BCUT2D eigenvalue weighted by atomic mass is 9.95. The quantitative estimate of drug-likeness (QED) is 0.192. The number of halogens is 1. The first-order valence-electron chi connectivity index (χ1n) is 10.7. The fourth-order valence-corrected chi connectivity index (χ4v) is 3.98. The summed E-state index contributed by atoms with van der Waals surface area (Å²) in [6, 6.07) is 17.6. The lowest BCUT2D eigenvalue weighted by molar-refractivity contribution is -0.132. The molecule has 7 heteroatoms. The molecule has 1 fully saturated rings. The van der Waals surface area contributed by atoms with Crippen LogP contribution in [0.2, 0.25) is 0 Å². The average molecular weight is 459 g/mol. The molecule has 0 aromatic heterocycles. The third kappa shape index (κ3) is 4.32. The highest BCUT2D eigenvalue weighted by molar-refractivity contribution is 6.51. The monoisotopic (exact) mass is 459 g/mol. The number of hydrogen-bond acceptors (Lipinski definition) is 5. The fourth-order valence-electron chi connectivity index (χ4n) is 3.98. The number of aryl methyl sites for hydroxylation is 1. The molecule has 0 saturated carbocycles. The van der Waals surface area contributed by atoms with Crippen molar-refractivity contribution in [2.24, 2.45) is 0 Å². The molecule has 3 aromatic carbocycles. The summed E-state index contributed by atoms with van der Waals surface area (Å²) in [5.74, 6) is -2.89. The minimum atomic E-state index is -0.993. The third-order valence-electron chi connectivity index (χ3n) is 5.62. The van der Waals surface area contributed by atoms with Gasteiger partial charge in [0.15, 0.2) is 0 Å². The van der Waals surface area contributed by atoms with E-state index in [0.717, 1.165) is 24.1 Å². The molecular weight excluding hydrogens is 437 g/mol. The van der Waals surface area contributed by atoms with Crippen LogP contribution in [0.3, 0.4) is 0 Å². The van der Waals surface area contributed by atoms with Crippen molar-refractivity contribution in [2.75, 3.05) is 4.90 Å². The molecule has 6 nitrogen and oxygen atoms in total. The SMILES string of the molecule is CCc1ccc(N2C(=O)C(=O)/C(=C(\O)c3ccc(F)cc3)C2c2cccc(OC(C)=O)c2)cc1. The molecule has 1 unspecified atom stereocenters. The fraction of sp³-hybridized carbons (Fsp3) is 0.148. The molecule has 34 heavy (non-hydrogen) atoms. The summed E-state index contributed by atoms with van der Waals surface area (Å²) in [5.41, 5.74) is 2.04. The first-order chi connectivity index (χ1) is 16.3. The Labute approximate surface area is 195 Å². The zero-order valence-corrected chi connectivity index (χ0v) is 18.6. The van der Waals surface area contributed by atoms with E-state index >= 15 is 0 Å². The Balaban J connectivity index is 1.92. The summed E-state index contributed by atoms with van der Waals surface area (Å²) in [6.45, 7) is 3.27. The number of benzene rings is 3. The van der Waals surface area contributed by atoms with Gasteiger partial charge >= 0.3 is 5.97 Å². The van der Waals surface area contributed by atoms with Crippen LogP contribution >= 0.6 is 0 Å². The van der Waals surface area contributed by atoms with E-state index in [9.17, 15) is 23.9 Å². The summed E-state index contributed by atoms with van der Waals surface area (Å²) in [6.07, 6.45) is 0.803. The summed E-state index contributed by atoms with van der Waals surface area (Å²) in [5, 5.41) is 11.1. The molecule has 0 aliphatic carbocycles. The van der Waals surface area contributed by atoms with Crippen molar-refractivity contribution in [2.45, 2.75) is 26.3 Å². The van der Waals surface area contributed by atoms with Crippen molar-refractivity contribution in [1.82, 2.24) is 0 Å². The third-order valence-corrected chi connectivity index (χ3v) is 5.62. The molecule has 4 rings (SSSR count). The van der Waals surface area contributed by atoms with E-state index in [1.54, 1.807) is 36.4 Å². The number of hydrogen-bond donors (Lipinski definition) is 1. The van der Waals surface area contributed by atoms with E-state index in [1.165, 1.54) is 24.0 Å². The molecule has 1 aliphatic heterocycles. The predicted octanol–water partition coefficient (Wildman–Crippen LogP) is 4.94. The summed E-state index contributed by atoms with van der Waals surface area (Å²) in [7, 11) is 0. The van der Waals surface area contributed by atoms with E-state index in [0.29, 0.717) is 11.3 Å². The highest BCUT2D eigenvalue weighted by atomic mass is 19.1. The van der Waals surface area contributed by atoms with Gasteiger partial charge in [0.25, 0.3) is 11.7 Å². The number of carbonyl (C=O) groups is 3. The second-order valence-electron chi connectivity index (χ2n) is 7.86. The van der Waals surface area contributed by atoms with Crippen LogP contribution < -0.4 is 9.64 Å². The molecule has 0 bridgehead atoms. The molecular formula is C27H22FNO5. The van der Waals surface area contributed by atoms with Gasteiger partial charge < -0.3 is 9.84 Å². The minimum Gasteiger partial charge on any atom is -0.507 e. The van der Waals surface area contributed by atoms with E-state index in [2.05, 4.69) is 0 Å². The second kappa shape index (κ2) is 9.31. The van der Waals surface area contributed by atoms with Crippen LogP contribution in [0.15, 0.2) is 78.4 Å². The highest BCUT2D eigenvalue weighted by Gasteiger charge is 2.47. The van der Waals surface area contributed by atoms with Gasteiger partial charge in [-0.1, -0.05) is 31.2 Å². The number of aliphatic hydroxyl groups excluding tert-OH is 1. The van der Waals surface area contributed by atoms with E-state index in [4.69, 9.17) is 4.74 Å². The minimum absolute atomic E-state index is 0.142. The Bertz CT molecular complexity index is 1300. The van der Waals surface area contributed by atoms with Gasteiger partial charge in [-0.2, -0.15) is 0 Å². The molecule has 3 aromatic rings. The Morgan fingerprint density at radius 2 is 1.71 bits per heavy atom. The highest BCUT2D eigenvalue weighted by Crippen LogP contribution is 2.42. The Kier molecular flexibility index (Phi) is 6.27. The number of aliphatic hydroxyl groups is 1. The molecule has 1 amide bonds.